The van der Waals surface area contributed by atoms with E-state index < -0.39 is 0 Å². The van der Waals surface area contributed by atoms with Gasteiger partial charge in [0.15, 0.2) is 5.11 Å². The van der Waals surface area contributed by atoms with Crippen molar-refractivity contribution < 1.29 is 19.1 Å². The number of thiocarbonyl (C=S) groups is 1. The summed E-state index contributed by atoms with van der Waals surface area (Å²) in [4.78, 5) is 28.2. The number of ether oxygens (including phenoxy) is 2. The van der Waals surface area contributed by atoms with Crippen LogP contribution >= 0.6 is 35.3 Å². The van der Waals surface area contributed by atoms with Gasteiger partial charge >= 0.3 is 5.97 Å². The number of hydrogen-bond acceptors (Lipinski definition) is 7. The number of benzene rings is 2. The second-order valence-electron chi connectivity index (χ2n) is 9.07. The van der Waals surface area contributed by atoms with Crippen LogP contribution in [0.15, 0.2) is 53.4 Å². The summed E-state index contributed by atoms with van der Waals surface area (Å²) in [5.74, 6) is 0.179. The molecule has 4 rings (SSSR count). The molecule has 206 valence electrons. The number of carbonyl (C=O) groups is 2. The van der Waals surface area contributed by atoms with E-state index in [1.165, 1.54) is 35.1 Å². The molecular formula is C29H33N3O4S3. The van der Waals surface area contributed by atoms with E-state index in [9.17, 15) is 9.59 Å². The van der Waals surface area contributed by atoms with Gasteiger partial charge in [0.2, 0.25) is 5.91 Å². The highest BCUT2D eigenvalue weighted by atomic mass is 32.2. The molecule has 3 N–H and O–H groups in total. The minimum absolute atomic E-state index is 0.129. The minimum Gasteiger partial charge on any atom is -0.495 e. The summed E-state index contributed by atoms with van der Waals surface area (Å²) < 4.78 is 10.5. The molecule has 10 heteroatoms. The number of anilines is 3. The highest BCUT2D eigenvalue weighted by Gasteiger charge is 2.28. The Morgan fingerprint density at radius 1 is 1.03 bits per heavy atom. The van der Waals surface area contributed by atoms with E-state index in [1.807, 2.05) is 55.5 Å². The average molecular weight is 584 g/mol. The molecule has 0 fully saturated rings. The van der Waals surface area contributed by atoms with Crippen LogP contribution in [-0.2, 0) is 22.4 Å². The topological polar surface area (TPSA) is 88.7 Å². The Kier molecular flexibility index (Phi) is 10.2. The maximum atomic E-state index is 13.4. The van der Waals surface area contributed by atoms with Gasteiger partial charge in [0.25, 0.3) is 0 Å². The smallest absolute Gasteiger partial charge is 0.341 e. The largest absolute Gasteiger partial charge is 0.495 e. The number of rotatable bonds is 9. The van der Waals surface area contributed by atoms with E-state index in [2.05, 4.69) is 16.0 Å². The summed E-state index contributed by atoms with van der Waals surface area (Å²) in [5.41, 5.74) is 3.13. The Morgan fingerprint density at radius 2 is 1.82 bits per heavy atom. The van der Waals surface area contributed by atoms with Crippen LogP contribution < -0.4 is 20.7 Å². The number of aryl methyl sites for hydroxylation is 1. The zero-order valence-electron chi connectivity index (χ0n) is 22.3. The van der Waals surface area contributed by atoms with Gasteiger partial charge < -0.3 is 25.4 Å². The molecule has 0 spiro atoms. The predicted octanol–water partition coefficient (Wildman–Crippen LogP) is 7.13. The summed E-state index contributed by atoms with van der Waals surface area (Å²) >= 11 is 8.49. The van der Waals surface area contributed by atoms with Gasteiger partial charge in [-0.25, -0.2) is 4.79 Å². The van der Waals surface area contributed by atoms with Crippen molar-refractivity contribution >= 4 is 68.7 Å². The molecule has 1 amide bonds. The number of hydrogen-bond donors (Lipinski definition) is 3. The fraction of sp³-hybridized carbons (Fsp3) is 0.345. The third-order valence-corrected chi connectivity index (χ3v) is 9.21. The fourth-order valence-electron chi connectivity index (χ4n) is 4.51. The highest BCUT2D eigenvalue weighted by molar-refractivity contribution is 8.00. The highest BCUT2D eigenvalue weighted by Crippen LogP contribution is 2.39. The van der Waals surface area contributed by atoms with Crippen LogP contribution in [0.5, 0.6) is 5.75 Å². The molecule has 1 aliphatic rings. The van der Waals surface area contributed by atoms with Crippen LogP contribution in [0.4, 0.5) is 16.4 Å². The van der Waals surface area contributed by atoms with Crippen LogP contribution in [0.3, 0.4) is 0 Å². The monoisotopic (exact) mass is 583 g/mol. The lowest BCUT2D eigenvalue weighted by Crippen LogP contribution is -2.25. The number of nitrogens with one attached hydrogen (secondary N) is 3. The van der Waals surface area contributed by atoms with Crippen LogP contribution in [0, 0.1) is 0 Å². The first-order chi connectivity index (χ1) is 18.9. The number of carbonyl (C=O) groups excluding carboxylic acids is 2. The van der Waals surface area contributed by atoms with Crippen molar-refractivity contribution in [3.8, 4) is 5.75 Å². The van der Waals surface area contributed by atoms with Crippen molar-refractivity contribution in [3.05, 3.63) is 64.5 Å². The summed E-state index contributed by atoms with van der Waals surface area (Å²) in [6, 6.07) is 15.3. The van der Waals surface area contributed by atoms with Gasteiger partial charge in [0.1, 0.15) is 10.8 Å². The van der Waals surface area contributed by atoms with Crippen LogP contribution in [0.25, 0.3) is 0 Å². The standard InChI is InChI=1S/C29H33N3O4S3/c1-4-23(26(33)32-27-25(28(34)36-3)20-13-6-5-7-16-24(20)39-27)38-19-12-10-11-18(17-19)30-29(37)31-21-14-8-9-15-22(21)35-2/h8-12,14-15,17,23H,4-7,13,16H2,1-3H3,(H,32,33)(H2,30,31,37). The van der Waals surface area contributed by atoms with Crippen molar-refractivity contribution in [1.82, 2.24) is 0 Å². The Morgan fingerprint density at radius 3 is 2.59 bits per heavy atom. The third-order valence-electron chi connectivity index (χ3n) is 6.44. The van der Waals surface area contributed by atoms with Crippen LogP contribution in [0.2, 0.25) is 0 Å². The normalized spacial score (nSPS) is 13.4. The predicted molar refractivity (Wildman–Crippen MR) is 165 cm³/mol. The number of methoxy groups -OCH3 is 2. The SMILES string of the molecule is CCC(Sc1cccc(NC(=S)Nc2ccccc2OC)c1)C(=O)Nc1sc2c(c1C(=O)OC)CCCCC2. The fourth-order valence-corrected chi connectivity index (χ4v) is 7.03. The first kappa shape index (κ1) is 28.9. The van der Waals surface area contributed by atoms with Gasteiger partial charge in [-0.2, -0.15) is 0 Å². The maximum Gasteiger partial charge on any atom is 0.341 e. The molecule has 0 aliphatic heterocycles. The van der Waals surface area contributed by atoms with Crippen LogP contribution in [-0.4, -0.2) is 36.5 Å². The molecule has 1 aromatic heterocycles. The van der Waals surface area contributed by atoms with Crippen molar-refractivity contribution in [2.75, 3.05) is 30.2 Å². The molecule has 0 saturated heterocycles. The Bertz CT molecular complexity index is 1340. The van der Waals surface area contributed by atoms with Gasteiger partial charge in [-0.3, -0.25) is 4.79 Å². The molecule has 1 atom stereocenters. The van der Waals surface area contributed by atoms with E-state index >= 15 is 0 Å². The molecular weight excluding hydrogens is 551 g/mol. The molecule has 1 aliphatic carbocycles. The summed E-state index contributed by atoms with van der Waals surface area (Å²) in [6.45, 7) is 1.98. The third kappa shape index (κ3) is 7.32. The summed E-state index contributed by atoms with van der Waals surface area (Å²) in [6.07, 6.45) is 5.67. The number of fused-ring (bicyclic) bond motifs is 1. The van der Waals surface area contributed by atoms with Gasteiger partial charge in [-0.05, 0) is 80.2 Å². The Hall–Kier alpha value is -3.08. The van der Waals surface area contributed by atoms with Crippen molar-refractivity contribution in [2.24, 2.45) is 0 Å². The van der Waals surface area contributed by atoms with Gasteiger partial charge in [-0.1, -0.05) is 31.5 Å². The number of thiophene rings is 1. The molecule has 1 heterocycles. The van der Waals surface area contributed by atoms with E-state index in [-0.39, 0.29) is 17.1 Å². The molecule has 1 unspecified atom stereocenters. The molecule has 0 saturated carbocycles. The molecule has 7 nitrogen and oxygen atoms in total. The second kappa shape index (κ2) is 13.8. The van der Waals surface area contributed by atoms with Crippen molar-refractivity contribution in [2.45, 2.75) is 55.6 Å². The first-order valence-corrected chi connectivity index (χ1v) is 15.0. The molecule has 2 aromatic carbocycles. The van der Waals surface area contributed by atoms with E-state index in [1.54, 1.807) is 7.11 Å². The average Bonchev–Trinajstić information content (AvgIpc) is 3.11. The Balaban J connectivity index is 1.44. The lowest BCUT2D eigenvalue weighted by atomic mass is 10.1. The van der Waals surface area contributed by atoms with E-state index in [0.717, 1.165) is 53.9 Å². The molecule has 0 radical (unpaired) electrons. The zero-order valence-corrected chi connectivity index (χ0v) is 24.7. The maximum absolute atomic E-state index is 13.4. The lowest BCUT2D eigenvalue weighted by molar-refractivity contribution is -0.115. The number of thioether (sulfide) groups is 1. The van der Waals surface area contributed by atoms with Gasteiger partial charge in [0.05, 0.1) is 30.7 Å². The lowest BCUT2D eigenvalue weighted by Gasteiger charge is -2.16. The molecule has 3 aromatic rings. The zero-order chi connectivity index (χ0) is 27.8. The first-order valence-electron chi connectivity index (χ1n) is 12.9. The number of para-hydroxylation sites is 2. The second-order valence-corrected chi connectivity index (χ2v) is 11.9. The quantitative estimate of drug-likeness (QED) is 0.106. The van der Waals surface area contributed by atoms with Gasteiger partial charge in [0, 0.05) is 15.5 Å². The van der Waals surface area contributed by atoms with E-state index in [0.29, 0.717) is 27.8 Å². The van der Waals surface area contributed by atoms with E-state index in [4.69, 9.17) is 21.7 Å². The Labute approximate surface area is 243 Å². The molecule has 39 heavy (non-hydrogen) atoms. The summed E-state index contributed by atoms with van der Waals surface area (Å²) in [5, 5.41) is 10.1. The van der Waals surface area contributed by atoms with Crippen molar-refractivity contribution in [1.29, 1.82) is 0 Å². The minimum atomic E-state index is -0.387. The van der Waals surface area contributed by atoms with Gasteiger partial charge in [-0.15, -0.1) is 23.1 Å². The van der Waals surface area contributed by atoms with Crippen LogP contribution in [0.1, 0.15) is 53.4 Å². The molecule has 0 bridgehead atoms. The number of esters is 1. The number of amides is 1. The van der Waals surface area contributed by atoms with Crippen molar-refractivity contribution in [3.63, 3.8) is 0 Å². The summed E-state index contributed by atoms with van der Waals surface area (Å²) in [7, 11) is 3.00.